The van der Waals surface area contributed by atoms with Gasteiger partial charge in [-0.15, -0.1) is 0 Å². The molecule has 1 saturated heterocycles. The maximum Gasteiger partial charge on any atom is 0.0495 e. The Labute approximate surface area is 117 Å². The molecular weight excluding hydrogens is 292 g/mol. The van der Waals surface area contributed by atoms with Gasteiger partial charge in [0.2, 0.25) is 0 Å². The molecule has 2 rings (SSSR count). The van der Waals surface area contributed by atoms with Crippen LogP contribution >= 0.6 is 15.9 Å². The van der Waals surface area contributed by atoms with Crippen LogP contribution < -0.4 is 5.32 Å². The minimum atomic E-state index is 0.526. The second-order valence-corrected chi connectivity index (χ2v) is 5.85. The lowest BCUT2D eigenvalue weighted by molar-refractivity contribution is 0.181. The second-order valence-electron chi connectivity index (χ2n) is 4.94. The van der Waals surface area contributed by atoms with E-state index in [4.69, 9.17) is 4.74 Å². The van der Waals surface area contributed by atoms with Crippen LogP contribution in [0.15, 0.2) is 22.9 Å². The van der Waals surface area contributed by atoms with Crippen molar-refractivity contribution >= 4 is 15.9 Å². The molecule has 0 radical (unpaired) electrons. The van der Waals surface area contributed by atoms with Crippen molar-refractivity contribution in [2.75, 3.05) is 19.8 Å². The van der Waals surface area contributed by atoms with Crippen LogP contribution in [0.4, 0.5) is 0 Å². The fourth-order valence-corrected chi connectivity index (χ4v) is 2.96. The van der Waals surface area contributed by atoms with E-state index < -0.39 is 0 Å². The fraction of sp³-hybridized carbons (Fsp3) is 0.643. The van der Waals surface area contributed by atoms with Gasteiger partial charge in [0, 0.05) is 36.1 Å². The van der Waals surface area contributed by atoms with E-state index >= 15 is 0 Å². The van der Waals surface area contributed by atoms with E-state index in [2.05, 4.69) is 39.2 Å². The lowest BCUT2D eigenvalue weighted by Crippen LogP contribution is -2.33. The smallest absolute Gasteiger partial charge is 0.0495 e. The molecule has 0 aromatic carbocycles. The third-order valence-corrected chi connectivity index (χ3v) is 3.81. The Bertz CT molecular complexity index is 367. The van der Waals surface area contributed by atoms with Gasteiger partial charge in [-0.25, -0.2) is 0 Å². The maximum absolute atomic E-state index is 5.46. The molecule has 0 bridgehead atoms. The number of nitrogens with zero attached hydrogens (tertiary/aromatic N) is 1. The number of nitrogens with one attached hydrogen (secondary N) is 1. The van der Waals surface area contributed by atoms with Gasteiger partial charge in [0.25, 0.3) is 0 Å². The number of rotatable bonds is 6. The van der Waals surface area contributed by atoms with Crippen LogP contribution in [0, 0.1) is 5.92 Å². The monoisotopic (exact) mass is 312 g/mol. The minimum Gasteiger partial charge on any atom is -0.381 e. The average Bonchev–Trinajstić information content (AvgIpc) is 2.82. The molecule has 100 valence electrons. The zero-order valence-electron chi connectivity index (χ0n) is 10.9. The van der Waals surface area contributed by atoms with Crippen molar-refractivity contribution in [3.63, 3.8) is 0 Å². The number of hydrogen-bond donors (Lipinski definition) is 1. The molecule has 1 aliphatic heterocycles. The van der Waals surface area contributed by atoms with Gasteiger partial charge in [0.15, 0.2) is 0 Å². The van der Waals surface area contributed by atoms with E-state index in [1.54, 1.807) is 0 Å². The van der Waals surface area contributed by atoms with E-state index in [-0.39, 0.29) is 0 Å². The van der Waals surface area contributed by atoms with E-state index in [9.17, 15) is 0 Å². The highest BCUT2D eigenvalue weighted by atomic mass is 79.9. The molecule has 1 aromatic heterocycles. The number of ether oxygens (including phenoxy) is 1. The standard InChI is InChI=1S/C14H21BrN2O/c1-2-17-14(6-11-3-4-18-10-11)7-12-5-13(15)9-16-8-12/h5,8-9,11,14,17H,2-4,6-7,10H2,1H3. The van der Waals surface area contributed by atoms with Gasteiger partial charge in [0.1, 0.15) is 0 Å². The molecule has 0 aliphatic carbocycles. The molecule has 18 heavy (non-hydrogen) atoms. The highest BCUT2D eigenvalue weighted by Gasteiger charge is 2.20. The SMILES string of the molecule is CCNC(Cc1cncc(Br)c1)CC1CCOC1. The maximum atomic E-state index is 5.46. The van der Waals surface area contributed by atoms with Crippen LogP contribution in [0.5, 0.6) is 0 Å². The molecule has 1 aliphatic rings. The molecule has 0 saturated carbocycles. The Morgan fingerprint density at radius 2 is 2.44 bits per heavy atom. The highest BCUT2D eigenvalue weighted by Crippen LogP contribution is 2.20. The number of likely N-dealkylation sites (N-methyl/N-ethyl adjacent to an activating group) is 1. The van der Waals surface area contributed by atoms with Crippen molar-refractivity contribution < 1.29 is 4.74 Å². The predicted octanol–water partition coefficient (Wildman–Crippen LogP) is 2.79. The van der Waals surface area contributed by atoms with Crippen LogP contribution in [-0.4, -0.2) is 30.8 Å². The molecule has 2 atom stereocenters. The van der Waals surface area contributed by atoms with E-state index in [0.717, 1.165) is 30.7 Å². The fourth-order valence-electron chi connectivity index (χ4n) is 2.55. The Hall–Kier alpha value is -0.450. The summed E-state index contributed by atoms with van der Waals surface area (Å²) in [4.78, 5) is 4.23. The van der Waals surface area contributed by atoms with Crippen molar-refractivity contribution in [2.45, 2.75) is 32.2 Å². The Morgan fingerprint density at radius 3 is 3.11 bits per heavy atom. The van der Waals surface area contributed by atoms with E-state index in [1.165, 1.54) is 18.4 Å². The molecule has 1 fully saturated rings. The molecule has 2 unspecified atom stereocenters. The zero-order chi connectivity index (χ0) is 12.8. The Morgan fingerprint density at radius 1 is 1.56 bits per heavy atom. The summed E-state index contributed by atoms with van der Waals surface area (Å²) in [5.74, 6) is 0.717. The molecule has 1 aromatic rings. The predicted molar refractivity (Wildman–Crippen MR) is 76.6 cm³/mol. The summed E-state index contributed by atoms with van der Waals surface area (Å²) in [5.41, 5.74) is 1.29. The first-order chi connectivity index (χ1) is 8.78. The normalized spacial score (nSPS) is 21.1. The molecule has 1 N–H and O–H groups in total. The van der Waals surface area contributed by atoms with Crippen molar-refractivity contribution in [1.29, 1.82) is 0 Å². The van der Waals surface area contributed by atoms with Crippen molar-refractivity contribution in [2.24, 2.45) is 5.92 Å². The summed E-state index contributed by atoms with van der Waals surface area (Å²) in [7, 11) is 0. The minimum absolute atomic E-state index is 0.526. The summed E-state index contributed by atoms with van der Waals surface area (Å²) in [6.07, 6.45) is 7.23. The van der Waals surface area contributed by atoms with Gasteiger partial charge in [-0.2, -0.15) is 0 Å². The highest BCUT2D eigenvalue weighted by molar-refractivity contribution is 9.10. The Balaban J connectivity index is 1.92. The first-order valence-electron chi connectivity index (χ1n) is 6.68. The first-order valence-corrected chi connectivity index (χ1v) is 7.47. The number of aromatic nitrogens is 1. The summed E-state index contributed by atoms with van der Waals surface area (Å²) < 4.78 is 6.51. The number of hydrogen-bond acceptors (Lipinski definition) is 3. The van der Waals surface area contributed by atoms with Gasteiger partial charge in [0.05, 0.1) is 0 Å². The van der Waals surface area contributed by atoms with Gasteiger partial charge >= 0.3 is 0 Å². The molecule has 3 nitrogen and oxygen atoms in total. The van der Waals surface area contributed by atoms with Gasteiger partial charge in [-0.3, -0.25) is 4.98 Å². The van der Waals surface area contributed by atoms with Crippen molar-refractivity contribution in [3.8, 4) is 0 Å². The molecular formula is C14H21BrN2O. The molecule has 2 heterocycles. The average molecular weight is 313 g/mol. The van der Waals surface area contributed by atoms with Crippen molar-refractivity contribution in [3.05, 3.63) is 28.5 Å². The molecule has 0 spiro atoms. The third kappa shape index (κ3) is 4.34. The van der Waals surface area contributed by atoms with Gasteiger partial charge in [-0.05, 0) is 59.3 Å². The number of halogens is 1. The second kappa shape index (κ2) is 7.22. The first kappa shape index (κ1) is 14.0. The summed E-state index contributed by atoms with van der Waals surface area (Å²) in [6, 6.07) is 2.68. The van der Waals surface area contributed by atoms with Crippen LogP contribution in [0.3, 0.4) is 0 Å². The number of pyridine rings is 1. The topological polar surface area (TPSA) is 34.2 Å². The third-order valence-electron chi connectivity index (χ3n) is 3.38. The molecule has 0 amide bonds. The quantitative estimate of drug-likeness (QED) is 0.877. The lowest BCUT2D eigenvalue weighted by atomic mass is 9.95. The van der Waals surface area contributed by atoms with Crippen LogP contribution in [0.1, 0.15) is 25.3 Å². The summed E-state index contributed by atoms with van der Waals surface area (Å²) in [6.45, 7) is 5.04. The zero-order valence-corrected chi connectivity index (χ0v) is 12.4. The van der Waals surface area contributed by atoms with Gasteiger partial charge < -0.3 is 10.1 Å². The van der Waals surface area contributed by atoms with Crippen LogP contribution in [0.2, 0.25) is 0 Å². The Kier molecular flexibility index (Phi) is 5.60. The summed E-state index contributed by atoms with van der Waals surface area (Å²) in [5, 5.41) is 3.58. The van der Waals surface area contributed by atoms with Crippen molar-refractivity contribution in [1.82, 2.24) is 10.3 Å². The van der Waals surface area contributed by atoms with Gasteiger partial charge in [-0.1, -0.05) is 6.92 Å². The molecule has 4 heteroatoms. The van der Waals surface area contributed by atoms with E-state index in [0.29, 0.717) is 12.0 Å². The van der Waals surface area contributed by atoms with Crippen LogP contribution in [0.25, 0.3) is 0 Å². The summed E-state index contributed by atoms with van der Waals surface area (Å²) >= 11 is 3.48. The largest absolute Gasteiger partial charge is 0.381 e. The lowest BCUT2D eigenvalue weighted by Gasteiger charge is -2.20. The van der Waals surface area contributed by atoms with Crippen LogP contribution in [-0.2, 0) is 11.2 Å². The van der Waals surface area contributed by atoms with E-state index in [1.807, 2.05) is 12.4 Å².